The lowest BCUT2D eigenvalue weighted by molar-refractivity contribution is 0.291. The number of aliphatic hydroxyl groups is 1. The summed E-state index contributed by atoms with van der Waals surface area (Å²) in [4.78, 5) is 3.98. The van der Waals surface area contributed by atoms with E-state index in [1.807, 2.05) is 0 Å². The van der Waals surface area contributed by atoms with Gasteiger partial charge in [-0.25, -0.2) is 0 Å². The zero-order chi connectivity index (χ0) is 13.0. The first-order valence-corrected chi connectivity index (χ1v) is 6.17. The number of rotatable bonds is 4. The summed E-state index contributed by atoms with van der Waals surface area (Å²) < 4.78 is 0. The van der Waals surface area contributed by atoms with Gasteiger partial charge in [0.05, 0.1) is 20.6 Å². The molecule has 0 aliphatic carbocycles. The molecule has 0 amide bonds. The molecular weight excluding hydrogens is 308 g/mol. The maximum Gasteiger partial charge on any atom is 0.146 e. The van der Waals surface area contributed by atoms with Crippen LogP contribution in [-0.2, 0) is 0 Å². The molecule has 0 saturated carbocycles. The minimum Gasteiger partial charge on any atom is -0.506 e. The molecule has 0 radical (unpaired) electrons. The van der Waals surface area contributed by atoms with E-state index in [1.165, 1.54) is 6.21 Å². The molecule has 0 aliphatic rings. The minimum absolute atomic E-state index is 0.00309. The summed E-state index contributed by atoms with van der Waals surface area (Å²) in [5.41, 5.74) is 0.212. The summed E-state index contributed by atoms with van der Waals surface area (Å²) in [6.45, 7) is 0.448. The molecule has 17 heavy (non-hydrogen) atoms. The topological polar surface area (TPSA) is 52.8 Å². The van der Waals surface area contributed by atoms with Crippen LogP contribution < -0.4 is 0 Å². The van der Waals surface area contributed by atoms with Crippen molar-refractivity contribution in [3.8, 4) is 5.75 Å². The van der Waals surface area contributed by atoms with Crippen molar-refractivity contribution in [1.82, 2.24) is 0 Å². The van der Waals surface area contributed by atoms with E-state index in [0.29, 0.717) is 13.0 Å². The molecule has 7 heteroatoms. The molecule has 2 N–H and O–H groups in total. The van der Waals surface area contributed by atoms with Crippen molar-refractivity contribution in [2.24, 2.45) is 4.99 Å². The van der Waals surface area contributed by atoms with Gasteiger partial charge in [-0.2, -0.15) is 0 Å². The first-order valence-electron chi connectivity index (χ1n) is 4.66. The van der Waals surface area contributed by atoms with Crippen molar-refractivity contribution in [1.29, 1.82) is 0 Å². The quantitative estimate of drug-likeness (QED) is 0.384. The Kier molecular flexibility index (Phi) is 5.83. The minimum atomic E-state index is -0.265. The number of benzene rings is 1. The van der Waals surface area contributed by atoms with Gasteiger partial charge in [-0.1, -0.05) is 46.4 Å². The molecule has 3 nitrogen and oxygen atoms in total. The Balaban J connectivity index is 3.12. The van der Waals surface area contributed by atoms with Crippen molar-refractivity contribution in [3.05, 3.63) is 25.7 Å². The summed E-state index contributed by atoms with van der Waals surface area (Å²) in [7, 11) is 0. The zero-order valence-corrected chi connectivity index (χ0v) is 11.6. The number of hydrogen-bond donors (Lipinski definition) is 2. The largest absolute Gasteiger partial charge is 0.506 e. The molecule has 0 saturated heterocycles. The van der Waals surface area contributed by atoms with Crippen LogP contribution in [0.2, 0.25) is 20.1 Å². The second-order valence-electron chi connectivity index (χ2n) is 3.13. The number of phenols is 1. The molecular formula is C10H9Cl4NO2. The first kappa shape index (κ1) is 14.9. The molecule has 1 aromatic carbocycles. The average Bonchev–Trinajstić information content (AvgIpc) is 2.33. The lowest BCUT2D eigenvalue weighted by Gasteiger charge is -2.08. The van der Waals surface area contributed by atoms with Crippen LogP contribution in [-0.4, -0.2) is 29.6 Å². The zero-order valence-electron chi connectivity index (χ0n) is 8.55. The fourth-order valence-corrected chi connectivity index (χ4v) is 1.98. The number of aliphatic imine (C=N–C) groups is 1. The van der Waals surface area contributed by atoms with Crippen LogP contribution in [0.25, 0.3) is 0 Å². The van der Waals surface area contributed by atoms with Gasteiger partial charge in [-0.3, -0.25) is 4.99 Å². The maximum absolute atomic E-state index is 9.74. The van der Waals surface area contributed by atoms with Crippen LogP contribution in [0.5, 0.6) is 5.75 Å². The molecule has 0 unspecified atom stereocenters. The van der Waals surface area contributed by atoms with E-state index in [1.54, 1.807) is 0 Å². The summed E-state index contributed by atoms with van der Waals surface area (Å²) >= 11 is 23.3. The lowest BCUT2D eigenvalue weighted by atomic mass is 10.2. The summed E-state index contributed by atoms with van der Waals surface area (Å²) in [6, 6.07) is 0. The van der Waals surface area contributed by atoms with E-state index in [0.717, 1.165) is 0 Å². The van der Waals surface area contributed by atoms with Gasteiger partial charge in [-0.15, -0.1) is 0 Å². The monoisotopic (exact) mass is 315 g/mol. The number of aliphatic hydroxyl groups excluding tert-OH is 1. The fraction of sp³-hybridized carbons (Fsp3) is 0.300. The lowest BCUT2D eigenvalue weighted by Crippen LogP contribution is -1.92. The van der Waals surface area contributed by atoms with Crippen molar-refractivity contribution in [2.45, 2.75) is 6.42 Å². The number of aromatic hydroxyl groups is 1. The van der Waals surface area contributed by atoms with Crippen LogP contribution in [0.3, 0.4) is 0 Å². The van der Waals surface area contributed by atoms with Gasteiger partial charge in [0.15, 0.2) is 0 Å². The van der Waals surface area contributed by atoms with Gasteiger partial charge in [0, 0.05) is 19.4 Å². The molecule has 0 bridgehead atoms. The van der Waals surface area contributed by atoms with E-state index in [4.69, 9.17) is 51.5 Å². The number of phenolic OH excluding ortho intramolecular Hbond substituents is 1. The van der Waals surface area contributed by atoms with Gasteiger partial charge in [0.25, 0.3) is 0 Å². The van der Waals surface area contributed by atoms with E-state index >= 15 is 0 Å². The van der Waals surface area contributed by atoms with Gasteiger partial charge >= 0.3 is 0 Å². The first-order chi connectivity index (χ1) is 8.00. The van der Waals surface area contributed by atoms with E-state index in [-0.39, 0.29) is 38.0 Å². The molecule has 0 atom stereocenters. The van der Waals surface area contributed by atoms with E-state index in [9.17, 15) is 5.11 Å². The number of hydrogen-bond acceptors (Lipinski definition) is 3. The van der Waals surface area contributed by atoms with E-state index in [2.05, 4.69) is 4.99 Å². The Labute approximate surface area is 119 Å². The third-order valence-corrected chi connectivity index (χ3v) is 3.75. The molecule has 0 heterocycles. The molecule has 0 aliphatic heterocycles. The molecule has 0 spiro atoms. The van der Waals surface area contributed by atoms with Crippen LogP contribution in [0, 0.1) is 0 Å². The molecule has 1 rings (SSSR count). The van der Waals surface area contributed by atoms with Gasteiger partial charge in [-0.05, 0) is 6.42 Å². The SMILES string of the molecule is OCCCN=Cc1c(O)c(Cl)c(Cl)c(Cl)c1Cl. The Morgan fingerprint density at radius 1 is 1.00 bits per heavy atom. The Bertz CT molecular complexity index is 419. The van der Waals surface area contributed by atoms with Gasteiger partial charge in [0.2, 0.25) is 0 Å². The van der Waals surface area contributed by atoms with Gasteiger partial charge in [0.1, 0.15) is 10.8 Å². The highest BCUT2D eigenvalue weighted by molar-refractivity contribution is 6.53. The predicted octanol–water partition coefficient (Wildman–Crippen LogP) is 3.81. The smallest absolute Gasteiger partial charge is 0.146 e. The fourth-order valence-electron chi connectivity index (χ4n) is 1.07. The Hall–Kier alpha value is -0.190. The highest BCUT2D eigenvalue weighted by Crippen LogP contribution is 2.44. The third-order valence-electron chi connectivity index (χ3n) is 1.94. The van der Waals surface area contributed by atoms with Crippen molar-refractivity contribution in [2.75, 3.05) is 13.2 Å². The predicted molar refractivity (Wildman–Crippen MR) is 72.3 cm³/mol. The average molecular weight is 317 g/mol. The van der Waals surface area contributed by atoms with Crippen LogP contribution in [0.1, 0.15) is 12.0 Å². The van der Waals surface area contributed by atoms with Crippen LogP contribution in [0.15, 0.2) is 4.99 Å². The van der Waals surface area contributed by atoms with Crippen molar-refractivity contribution >= 4 is 52.6 Å². The van der Waals surface area contributed by atoms with E-state index < -0.39 is 0 Å². The number of halogens is 4. The molecule has 94 valence electrons. The van der Waals surface area contributed by atoms with Crippen molar-refractivity contribution < 1.29 is 10.2 Å². The Morgan fingerprint density at radius 3 is 2.18 bits per heavy atom. The summed E-state index contributed by atoms with van der Waals surface area (Å²) in [5.74, 6) is -0.265. The second-order valence-corrected chi connectivity index (χ2v) is 4.64. The molecule has 1 aromatic rings. The Morgan fingerprint density at radius 2 is 1.59 bits per heavy atom. The maximum atomic E-state index is 9.74. The summed E-state index contributed by atoms with van der Waals surface area (Å²) in [5, 5.41) is 18.4. The highest BCUT2D eigenvalue weighted by atomic mass is 35.5. The highest BCUT2D eigenvalue weighted by Gasteiger charge is 2.18. The molecule has 0 fully saturated rings. The number of nitrogens with zero attached hydrogens (tertiary/aromatic N) is 1. The van der Waals surface area contributed by atoms with Crippen molar-refractivity contribution in [3.63, 3.8) is 0 Å². The normalized spacial score (nSPS) is 11.4. The van der Waals surface area contributed by atoms with Gasteiger partial charge < -0.3 is 10.2 Å². The standard InChI is InChI=1S/C10H9Cl4NO2/c11-6-5(4-15-2-1-3-16)10(17)9(14)8(13)7(6)12/h4,16-17H,1-3H2. The third kappa shape index (κ3) is 3.39. The molecule has 0 aromatic heterocycles. The summed E-state index contributed by atoms with van der Waals surface area (Å²) in [6.07, 6.45) is 1.87. The van der Waals surface area contributed by atoms with Crippen LogP contribution in [0.4, 0.5) is 0 Å². The van der Waals surface area contributed by atoms with Crippen LogP contribution >= 0.6 is 46.4 Å². The second kappa shape index (κ2) is 6.66.